The van der Waals surface area contributed by atoms with Crippen LogP contribution in [0.5, 0.6) is 0 Å². The van der Waals surface area contributed by atoms with Crippen molar-refractivity contribution >= 4 is 33.4 Å². The Morgan fingerprint density at radius 1 is 0.818 bits per heavy atom. The van der Waals surface area contributed by atoms with Crippen LogP contribution in [0.25, 0.3) is 33.1 Å². The van der Waals surface area contributed by atoms with Crippen LogP contribution in [-0.4, -0.2) is 9.97 Å². The molecular formula is C19H13ClN2. The first-order valence-electron chi connectivity index (χ1n) is 7.14. The van der Waals surface area contributed by atoms with Crippen molar-refractivity contribution in [2.75, 3.05) is 0 Å². The zero-order chi connectivity index (χ0) is 15.1. The summed E-state index contributed by atoms with van der Waals surface area (Å²) in [5.41, 5.74) is 4.70. The number of benzene rings is 2. The first kappa shape index (κ1) is 13.2. The molecule has 2 aromatic heterocycles. The molecule has 3 heteroatoms. The van der Waals surface area contributed by atoms with E-state index >= 15 is 0 Å². The Kier molecular flexibility index (Phi) is 3.05. The summed E-state index contributed by atoms with van der Waals surface area (Å²) in [7, 11) is 0. The lowest BCUT2D eigenvalue weighted by molar-refractivity contribution is 1.25. The molecule has 0 saturated heterocycles. The maximum Gasteiger partial charge on any atom is 0.0982 e. The van der Waals surface area contributed by atoms with E-state index in [1.807, 2.05) is 49.4 Å². The van der Waals surface area contributed by atoms with Gasteiger partial charge in [-0.05, 0) is 19.1 Å². The Morgan fingerprint density at radius 2 is 1.59 bits per heavy atom. The first-order chi connectivity index (χ1) is 10.7. The Labute approximate surface area is 133 Å². The van der Waals surface area contributed by atoms with Gasteiger partial charge in [0.25, 0.3) is 0 Å². The molecule has 0 saturated carbocycles. The summed E-state index contributed by atoms with van der Waals surface area (Å²) < 4.78 is 0. The Morgan fingerprint density at radius 3 is 2.41 bits per heavy atom. The second-order valence-corrected chi connectivity index (χ2v) is 5.75. The summed E-state index contributed by atoms with van der Waals surface area (Å²) in [4.78, 5) is 9.49. The highest BCUT2D eigenvalue weighted by Crippen LogP contribution is 2.30. The van der Waals surface area contributed by atoms with Crippen LogP contribution < -0.4 is 0 Å². The van der Waals surface area contributed by atoms with E-state index in [9.17, 15) is 0 Å². The monoisotopic (exact) mass is 304 g/mol. The minimum atomic E-state index is 0.719. The third-order valence-corrected chi connectivity index (χ3v) is 4.10. The fourth-order valence-corrected chi connectivity index (χ4v) is 3.03. The topological polar surface area (TPSA) is 25.8 Å². The Hall–Kier alpha value is -2.45. The summed E-state index contributed by atoms with van der Waals surface area (Å²) in [5.74, 6) is 0. The van der Waals surface area contributed by atoms with Gasteiger partial charge in [0.2, 0.25) is 0 Å². The van der Waals surface area contributed by atoms with Crippen molar-refractivity contribution in [3.05, 3.63) is 71.4 Å². The van der Waals surface area contributed by atoms with Gasteiger partial charge in [-0.1, -0.05) is 60.1 Å². The third-order valence-electron chi connectivity index (χ3n) is 3.79. The van der Waals surface area contributed by atoms with Crippen LogP contribution >= 0.6 is 11.6 Å². The molecule has 4 rings (SSSR count). The van der Waals surface area contributed by atoms with E-state index in [-0.39, 0.29) is 0 Å². The maximum atomic E-state index is 6.35. The minimum Gasteiger partial charge on any atom is -0.251 e. The number of rotatable bonds is 1. The largest absolute Gasteiger partial charge is 0.251 e. The van der Waals surface area contributed by atoms with E-state index in [1.54, 1.807) is 0 Å². The molecule has 0 bridgehead atoms. The van der Waals surface area contributed by atoms with Crippen LogP contribution in [-0.2, 0) is 0 Å². The number of aromatic nitrogens is 2. The van der Waals surface area contributed by atoms with Gasteiger partial charge in [-0.2, -0.15) is 0 Å². The summed E-state index contributed by atoms with van der Waals surface area (Å²) in [5, 5.41) is 2.73. The van der Waals surface area contributed by atoms with E-state index < -0.39 is 0 Å². The highest BCUT2D eigenvalue weighted by Gasteiger charge is 2.09. The van der Waals surface area contributed by atoms with E-state index in [0.29, 0.717) is 0 Å². The number of aryl methyl sites for hydroxylation is 1. The zero-order valence-corrected chi connectivity index (χ0v) is 12.8. The zero-order valence-electron chi connectivity index (χ0n) is 12.0. The predicted molar refractivity (Wildman–Crippen MR) is 92.2 cm³/mol. The third kappa shape index (κ3) is 2.13. The van der Waals surface area contributed by atoms with Crippen molar-refractivity contribution in [3.63, 3.8) is 0 Å². The molecule has 2 aromatic carbocycles. The number of pyridine rings is 2. The van der Waals surface area contributed by atoms with Crippen molar-refractivity contribution in [2.24, 2.45) is 0 Å². The van der Waals surface area contributed by atoms with Crippen molar-refractivity contribution in [1.29, 1.82) is 0 Å². The Balaban J connectivity index is 2.07. The van der Waals surface area contributed by atoms with Crippen molar-refractivity contribution in [1.82, 2.24) is 9.97 Å². The number of nitrogens with zero attached hydrogens (tertiary/aromatic N) is 2. The lowest BCUT2D eigenvalue weighted by atomic mass is 10.1. The molecule has 22 heavy (non-hydrogen) atoms. The van der Waals surface area contributed by atoms with Crippen LogP contribution in [0.2, 0.25) is 5.02 Å². The highest BCUT2D eigenvalue weighted by molar-refractivity contribution is 6.36. The number of hydrogen-bond acceptors (Lipinski definition) is 2. The molecule has 2 nitrogen and oxygen atoms in total. The van der Waals surface area contributed by atoms with Crippen molar-refractivity contribution < 1.29 is 0 Å². The van der Waals surface area contributed by atoms with Gasteiger partial charge in [0.15, 0.2) is 0 Å². The fraction of sp³-hybridized carbons (Fsp3) is 0.0526. The molecule has 0 amide bonds. The second-order valence-electron chi connectivity index (χ2n) is 5.34. The fourth-order valence-electron chi connectivity index (χ4n) is 2.72. The van der Waals surface area contributed by atoms with Crippen LogP contribution in [0.4, 0.5) is 0 Å². The van der Waals surface area contributed by atoms with Crippen LogP contribution in [0.1, 0.15) is 5.69 Å². The lowest BCUT2D eigenvalue weighted by Gasteiger charge is -2.08. The summed E-state index contributed by atoms with van der Waals surface area (Å²) in [6.07, 6.45) is 0. The molecular weight excluding hydrogens is 292 g/mol. The molecule has 0 N–H and O–H groups in total. The van der Waals surface area contributed by atoms with Crippen molar-refractivity contribution in [3.8, 4) is 11.3 Å². The first-order valence-corrected chi connectivity index (χ1v) is 7.52. The molecule has 0 spiro atoms. The highest BCUT2D eigenvalue weighted by atomic mass is 35.5. The van der Waals surface area contributed by atoms with E-state index in [0.717, 1.165) is 43.8 Å². The quantitative estimate of drug-likeness (QED) is 0.439. The normalized spacial score (nSPS) is 11.2. The van der Waals surface area contributed by atoms with Gasteiger partial charge in [-0.25, -0.2) is 4.98 Å². The average Bonchev–Trinajstić information content (AvgIpc) is 2.55. The van der Waals surface area contributed by atoms with E-state index in [2.05, 4.69) is 23.2 Å². The second kappa shape index (κ2) is 5.08. The molecule has 106 valence electrons. The van der Waals surface area contributed by atoms with Gasteiger partial charge in [-0.3, -0.25) is 4.98 Å². The van der Waals surface area contributed by atoms with Gasteiger partial charge in [0, 0.05) is 22.0 Å². The lowest BCUT2D eigenvalue weighted by Crippen LogP contribution is -1.91. The number of fused-ring (bicyclic) bond motifs is 3. The summed E-state index contributed by atoms with van der Waals surface area (Å²) >= 11 is 6.35. The molecule has 0 unspecified atom stereocenters. The standard InChI is InChI=1S/C19H13ClN2/c1-12-11-16(20)15-9-7-14-8-10-17(13-5-3-2-4-6-13)22-18(14)19(15)21-12/h2-11H,1H3. The molecule has 2 heterocycles. The number of hydrogen-bond donors (Lipinski definition) is 0. The molecule has 0 aliphatic heterocycles. The maximum absolute atomic E-state index is 6.35. The molecule has 0 aliphatic carbocycles. The van der Waals surface area contributed by atoms with Gasteiger partial charge in [-0.15, -0.1) is 0 Å². The van der Waals surface area contributed by atoms with Crippen LogP contribution in [0.15, 0.2) is 60.7 Å². The van der Waals surface area contributed by atoms with Gasteiger partial charge < -0.3 is 0 Å². The van der Waals surface area contributed by atoms with E-state index in [4.69, 9.17) is 16.6 Å². The molecule has 0 aliphatic rings. The number of halogens is 1. The van der Waals surface area contributed by atoms with Crippen molar-refractivity contribution in [2.45, 2.75) is 6.92 Å². The molecule has 0 fully saturated rings. The van der Waals surface area contributed by atoms with Gasteiger partial charge >= 0.3 is 0 Å². The van der Waals surface area contributed by atoms with Gasteiger partial charge in [0.05, 0.1) is 21.7 Å². The molecule has 4 aromatic rings. The molecule has 0 radical (unpaired) electrons. The minimum absolute atomic E-state index is 0.719. The van der Waals surface area contributed by atoms with E-state index in [1.165, 1.54) is 0 Å². The smallest absolute Gasteiger partial charge is 0.0982 e. The van der Waals surface area contributed by atoms with Gasteiger partial charge in [0.1, 0.15) is 0 Å². The molecule has 0 atom stereocenters. The SMILES string of the molecule is Cc1cc(Cl)c2ccc3ccc(-c4ccccc4)nc3c2n1. The van der Waals surface area contributed by atoms with Crippen LogP contribution in [0, 0.1) is 6.92 Å². The van der Waals surface area contributed by atoms with Crippen LogP contribution in [0.3, 0.4) is 0 Å². The predicted octanol–water partition coefficient (Wildman–Crippen LogP) is 5.41. The summed E-state index contributed by atoms with van der Waals surface area (Å²) in [6.45, 7) is 1.95. The Bertz CT molecular complexity index is 994. The summed E-state index contributed by atoms with van der Waals surface area (Å²) in [6, 6.07) is 20.2. The average molecular weight is 305 g/mol.